The third-order valence-corrected chi connectivity index (χ3v) is 5.68. The highest BCUT2D eigenvalue weighted by atomic mass is 32.1. The Morgan fingerprint density at radius 1 is 1.53 bits per heavy atom. The maximum Gasteiger partial charge on any atom is 0.107 e. The van der Waals surface area contributed by atoms with E-state index in [1.807, 2.05) is 19.1 Å². The summed E-state index contributed by atoms with van der Waals surface area (Å²) in [5.41, 5.74) is -0.500. The zero-order valence-corrected chi connectivity index (χ0v) is 10.8. The van der Waals surface area contributed by atoms with Crippen LogP contribution in [0.2, 0.25) is 0 Å². The SMILES string of the molecule is Cc1ccc(C(O)C2(C#N)CC3CCC2C3)s1. The highest BCUT2D eigenvalue weighted by Gasteiger charge is 2.55. The number of nitrogens with zero attached hydrogens (tertiary/aromatic N) is 1. The first kappa shape index (κ1) is 11.3. The van der Waals surface area contributed by atoms with Crippen molar-refractivity contribution >= 4 is 11.3 Å². The number of hydrogen-bond donors (Lipinski definition) is 1. The summed E-state index contributed by atoms with van der Waals surface area (Å²) in [7, 11) is 0. The van der Waals surface area contributed by atoms with E-state index >= 15 is 0 Å². The van der Waals surface area contributed by atoms with Crippen molar-refractivity contribution in [2.75, 3.05) is 0 Å². The quantitative estimate of drug-likeness (QED) is 0.870. The Bertz CT molecular complexity index is 475. The lowest BCUT2D eigenvalue weighted by atomic mass is 9.70. The van der Waals surface area contributed by atoms with Gasteiger partial charge in [-0.15, -0.1) is 11.3 Å². The molecule has 3 rings (SSSR count). The van der Waals surface area contributed by atoms with Crippen molar-refractivity contribution in [1.29, 1.82) is 5.26 Å². The molecular formula is C14H17NOS. The van der Waals surface area contributed by atoms with Crippen LogP contribution in [0, 0.1) is 35.5 Å². The predicted molar refractivity (Wildman–Crippen MR) is 67.5 cm³/mol. The van der Waals surface area contributed by atoms with E-state index in [1.54, 1.807) is 11.3 Å². The molecule has 17 heavy (non-hydrogen) atoms. The van der Waals surface area contributed by atoms with E-state index in [-0.39, 0.29) is 0 Å². The third-order valence-electron chi connectivity index (χ3n) is 4.62. The molecule has 4 unspecified atom stereocenters. The van der Waals surface area contributed by atoms with Gasteiger partial charge in [0.25, 0.3) is 0 Å². The summed E-state index contributed by atoms with van der Waals surface area (Å²) in [6, 6.07) is 6.48. The fourth-order valence-electron chi connectivity index (χ4n) is 3.76. The first-order chi connectivity index (χ1) is 8.15. The van der Waals surface area contributed by atoms with Gasteiger partial charge < -0.3 is 5.11 Å². The Kier molecular flexibility index (Phi) is 2.53. The van der Waals surface area contributed by atoms with E-state index in [0.717, 1.165) is 24.1 Å². The standard InChI is InChI=1S/C14H17NOS/c1-9-2-5-12(17-9)13(16)14(8-15)7-10-3-4-11(14)6-10/h2,5,10-11,13,16H,3-4,6-7H2,1H3. The zero-order valence-electron chi connectivity index (χ0n) is 10.0. The van der Waals surface area contributed by atoms with Crippen molar-refractivity contribution < 1.29 is 5.11 Å². The molecule has 3 heteroatoms. The molecular weight excluding hydrogens is 230 g/mol. The molecule has 2 saturated carbocycles. The summed E-state index contributed by atoms with van der Waals surface area (Å²) in [4.78, 5) is 2.17. The third kappa shape index (κ3) is 1.55. The molecule has 90 valence electrons. The lowest BCUT2D eigenvalue weighted by Crippen LogP contribution is -2.32. The smallest absolute Gasteiger partial charge is 0.107 e. The molecule has 2 bridgehead atoms. The molecule has 2 nitrogen and oxygen atoms in total. The van der Waals surface area contributed by atoms with Gasteiger partial charge in [-0.05, 0) is 50.2 Å². The molecule has 2 aliphatic rings. The second kappa shape index (κ2) is 3.83. The molecule has 0 spiro atoms. The van der Waals surface area contributed by atoms with Crippen LogP contribution in [0.4, 0.5) is 0 Å². The Hall–Kier alpha value is -0.850. The van der Waals surface area contributed by atoms with E-state index in [2.05, 4.69) is 6.07 Å². The minimum atomic E-state index is -0.582. The number of hydrogen-bond acceptors (Lipinski definition) is 3. The molecule has 1 heterocycles. The Morgan fingerprint density at radius 3 is 2.82 bits per heavy atom. The van der Waals surface area contributed by atoms with Crippen molar-refractivity contribution in [2.24, 2.45) is 17.3 Å². The molecule has 1 aromatic heterocycles. The van der Waals surface area contributed by atoms with E-state index < -0.39 is 11.5 Å². The van der Waals surface area contributed by atoms with E-state index in [1.165, 1.54) is 11.3 Å². The highest BCUT2D eigenvalue weighted by Crippen LogP contribution is 2.61. The maximum atomic E-state index is 10.6. The van der Waals surface area contributed by atoms with Gasteiger partial charge in [0.05, 0.1) is 11.5 Å². The number of aryl methyl sites for hydroxylation is 1. The molecule has 0 saturated heterocycles. The monoisotopic (exact) mass is 247 g/mol. The van der Waals surface area contributed by atoms with Gasteiger partial charge >= 0.3 is 0 Å². The van der Waals surface area contributed by atoms with Crippen LogP contribution >= 0.6 is 11.3 Å². The van der Waals surface area contributed by atoms with Gasteiger partial charge in [0.15, 0.2) is 0 Å². The van der Waals surface area contributed by atoms with Gasteiger partial charge in [-0.25, -0.2) is 0 Å². The maximum absolute atomic E-state index is 10.6. The number of nitriles is 1. The first-order valence-electron chi connectivity index (χ1n) is 6.31. The number of rotatable bonds is 2. The largest absolute Gasteiger partial charge is 0.386 e. The van der Waals surface area contributed by atoms with Crippen molar-refractivity contribution in [2.45, 2.75) is 38.7 Å². The average molecular weight is 247 g/mol. The van der Waals surface area contributed by atoms with Crippen molar-refractivity contribution in [3.05, 3.63) is 21.9 Å². The van der Waals surface area contributed by atoms with Crippen LogP contribution in [0.1, 0.15) is 41.5 Å². The Balaban J connectivity index is 1.94. The summed E-state index contributed by atoms with van der Waals surface area (Å²) in [6.07, 6.45) is 3.84. The van der Waals surface area contributed by atoms with Crippen LogP contribution < -0.4 is 0 Å². The van der Waals surface area contributed by atoms with Gasteiger partial charge in [0.1, 0.15) is 6.10 Å². The molecule has 2 fully saturated rings. The minimum Gasteiger partial charge on any atom is -0.386 e. The summed E-state index contributed by atoms with van der Waals surface area (Å²) in [6.45, 7) is 2.04. The summed E-state index contributed by atoms with van der Waals surface area (Å²) < 4.78 is 0. The molecule has 0 amide bonds. The van der Waals surface area contributed by atoms with Gasteiger partial charge in [-0.3, -0.25) is 0 Å². The van der Waals surface area contributed by atoms with Gasteiger partial charge in [-0.1, -0.05) is 6.42 Å². The number of aliphatic hydroxyl groups excluding tert-OH is 1. The molecule has 4 atom stereocenters. The van der Waals surface area contributed by atoms with Gasteiger partial charge in [0.2, 0.25) is 0 Å². The van der Waals surface area contributed by atoms with E-state index in [9.17, 15) is 10.4 Å². The normalized spacial score (nSPS) is 37.0. The molecule has 1 aromatic rings. The van der Waals surface area contributed by atoms with Crippen LogP contribution in [0.15, 0.2) is 12.1 Å². The second-order valence-electron chi connectivity index (χ2n) is 5.58. The molecule has 1 N–H and O–H groups in total. The molecule has 0 aromatic carbocycles. The van der Waals surface area contributed by atoms with Crippen LogP contribution in [0.3, 0.4) is 0 Å². The van der Waals surface area contributed by atoms with Crippen LogP contribution in [0.5, 0.6) is 0 Å². The van der Waals surface area contributed by atoms with Gasteiger partial charge in [0, 0.05) is 9.75 Å². The van der Waals surface area contributed by atoms with Crippen molar-refractivity contribution in [3.63, 3.8) is 0 Å². The second-order valence-corrected chi connectivity index (χ2v) is 6.90. The summed E-state index contributed by atoms with van der Waals surface area (Å²) >= 11 is 1.62. The minimum absolute atomic E-state index is 0.412. The number of fused-ring (bicyclic) bond motifs is 2. The zero-order chi connectivity index (χ0) is 12.0. The van der Waals surface area contributed by atoms with E-state index in [4.69, 9.17) is 0 Å². The fraction of sp³-hybridized carbons (Fsp3) is 0.643. The highest BCUT2D eigenvalue weighted by molar-refractivity contribution is 7.12. The molecule has 0 radical (unpaired) electrons. The number of thiophene rings is 1. The average Bonchev–Trinajstić information content (AvgIpc) is 3.02. The van der Waals surface area contributed by atoms with Crippen LogP contribution in [-0.2, 0) is 0 Å². The van der Waals surface area contributed by atoms with Gasteiger partial charge in [-0.2, -0.15) is 5.26 Å². The Labute approximate surface area is 106 Å². The molecule has 0 aliphatic heterocycles. The summed E-state index contributed by atoms with van der Waals surface area (Å²) in [5, 5.41) is 20.2. The van der Waals surface area contributed by atoms with Crippen LogP contribution in [-0.4, -0.2) is 5.11 Å². The van der Waals surface area contributed by atoms with Crippen molar-refractivity contribution in [1.82, 2.24) is 0 Å². The van der Waals surface area contributed by atoms with Crippen molar-refractivity contribution in [3.8, 4) is 6.07 Å². The first-order valence-corrected chi connectivity index (χ1v) is 7.13. The molecule has 2 aliphatic carbocycles. The lowest BCUT2D eigenvalue weighted by Gasteiger charge is -2.34. The topological polar surface area (TPSA) is 44.0 Å². The van der Waals surface area contributed by atoms with E-state index in [0.29, 0.717) is 11.8 Å². The van der Waals surface area contributed by atoms with Crippen LogP contribution in [0.25, 0.3) is 0 Å². The Morgan fingerprint density at radius 2 is 2.35 bits per heavy atom. The lowest BCUT2D eigenvalue weighted by molar-refractivity contribution is 0.0259. The fourth-order valence-corrected chi connectivity index (χ4v) is 4.73. The summed E-state index contributed by atoms with van der Waals surface area (Å²) in [5.74, 6) is 1.09. The predicted octanol–water partition coefficient (Wildman–Crippen LogP) is 3.42. The number of aliphatic hydroxyl groups is 1.